The van der Waals surface area contributed by atoms with Gasteiger partial charge < -0.3 is 0 Å². The molecule has 0 heterocycles. The number of allylic oxidation sites excluding steroid dienone is 1. The Balaban J connectivity index is 3.99. The molecule has 0 spiro atoms. The lowest BCUT2D eigenvalue weighted by molar-refractivity contribution is -0.125. The third-order valence-corrected chi connectivity index (χ3v) is 1.75. The molecule has 0 atom stereocenters. The number of carbonyl (C=O) groups excluding carboxylic acids is 1. The van der Waals surface area contributed by atoms with Crippen molar-refractivity contribution in [2.75, 3.05) is 0 Å². The predicted octanol–water partition coefficient (Wildman–Crippen LogP) is 2.96. The summed E-state index contributed by atoms with van der Waals surface area (Å²) in [6.07, 6.45) is 1.45. The highest BCUT2D eigenvalue weighted by atomic mass is 16.1. The zero-order valence-corrected chi connectivity index (χ0v) is 8.03. The number of Topliss-reactive ketones (excluding diaryl/α,β-unsaturated/α-hetero) is 1. The fourth-order valence-corrected chi connectivity index (χ4v) is 0.617. The minimum absolute atomic E-state index is 0.210. The second-order valence-electron chi connectivity index (χ2n) is 3.95. The van der Waals surface area contributed by atoms with Gasteiger partial charge in [0.15, 0.2) is 0 Å². The van der Waals surface area contributed by atoms with Crippen molar-refractivity contribution in [3.05, 3.63) is 12.2 Å². The highest BCUT2D eigenvalue weighted by molar-refractivity contribution is 5.85. The Morgan fingerprint density at radius 1 is 1.36 bits per heavy atom. The van der Waals surface area contributed by atoms with Crippen LogP contribution in [0, 0.1) is 5.41 Å². The molecular weight excluding hydrogens is 136 g/mol. The van der Waals surface area contributed by atoms with E-state index in [2.05, 4.69) is 6.58 Å². The van der Waals surface area contributed by atoms with Gasteiger partial charge in [-0.15, -0.1) is 0 Å². The van der Waals surface area contributed by atoms with Gasteiger partial charge in [0.25, 0.3) is 0 Å². The molecule has 0 saturated heterocycles. The lowest BCUT2D eigenvalue weighted by Gasteiger charge is -2.16. The smallest absolute Gasteiger partial charge is 0.142 e. The van der Waals surface area contributed by atoms with Crippen LogP contribution in [0.4, 0.5) is 0 Å². The summed E-state index contributed by atoms with van der Waals surface area (Å²) in [5.74, 6) is 0.282. The molecule has 0 amide bonds. The monoisotopic (exact) mass is 154 g/mol. The molecule has 0 N–H and O–H groups in total. The lowest BCUT2D eigenvalue weighted by atomic mass is 9.87. The Bertz CT molecular complexity index is 160. The molecule has 64 valence electrons. The zero-order chi connectivity index (χ0) is 9.07. The van der Waals surface area contributed by atoms with Gasteiger partial charge in [-0.1, -0.05) is 39.8 Å². The first kappa shape index (κ1) is 10.4. The zero-order valence-electron chi connectivity index (χ0n) is 8.03. The van der Waals surface area contributed by atoms with E-state index in [1.807, 2.05) is 27.7 Å². The Morgan fingerprint density at radius 3 is 2.09 bits per heavy atom. The molecule has 0 bridgehead atoms. The highest BCUT2D eigenvalue weighted by Crippen LogP contribution is 2.19. The van der Waals surface area contributed by atoms with Crippen LogP contribution in [0.25, 0.3) is 0 Å². The third kappa shape index (κ3) is 3.97. The first-order valence-corrected chi connectivity index (χ1v) is 4.08. The van der Waals surface area contributed by atoms with Gasteiger partial charge in [-0.2, -0.15) is 0 Å². The SMILES string of the molecule is C=C(CC)CC(=O)C(C)(C)C. The van der Waals surface area contributed by atoms with Crippen molar-refractivity contribution < 1.29 is 4.79 Å². The molecule has 0 aliphatic rings. The number of ketones is 1. The minimum Gasteiger partial charge on any atom is -0.299 e. The van der Waals surface area contributed by atoms with Crippen molar-refractivity contribution in [1.82, 2.24) is 0 Å². The van der Waals surface area contributed by atoms with E-state index in [-0.39, 0.29) is 11.2 Å². The maximum Gasteiger partial charge on any atom is 0.142 e. The number of hydrogen-bond acceptors (Lipinski definition) is 1. The van der Waals surface area contributed by atoms with Crippen LogP contribution in [-0.4, -0.2) is 5.78 Å². The fraction of sp³-hybridized carbons (Fsp3) is 0.700. The van der Waals surface area contributed by atoms with Crippen LogP contribution < -0.4 is 0 Å². The molecule has 0 saturated carbocycles. The molecule has 11 heavy (non-hydrogen) atoms. The van der Waals surface area contributed by atoms with Gasteiger partial charge in [0.1, 0.15) is 5.78 Å². The van der Waals surface area contributed by atoms with Crippen LogP contribution in [0.15, 0.2) is 12.2 Å². The summed E-state index contributed by atoms with van der Waals surface area (Å²) in [6, 6.07) is 0. The normalized spacial score (nSPS) is 11.3. The molecule has 0 aromatic rings. The van der Waals surface area contributed by atoms with Gasteiger partial charge in [-0.3, -0.25) is 4.79 Å². The van der Waals surface area contributed by atoms with Gasteiger partial charge in [-0.25, -0.2) is 0 Å². The topological polar surface area (TPSA) is 17.1 Å². The fourth-order valence-electron chi connectivity index (χ4n) is 0.617. The van der Waals surface area contributed by atoms with Crippen LogP contribution in [0.5, 0.6) is 0 Å². The average molecular weight is 154 g/mol. The van der Waals surface area contributed by atoms with Crippen LogP contribution >= 0.6 is 0 Å². The Morgan fingerprint density at radius 2 is 1.82 bits per heavy atom. The number of rotatable bonds is 3. The van der Waals surface area contributed by atoms with Gasteiger partial charge in [0, 0.05) is 11.8 Å². The standard InChI is InChI=1S/C10H18O/c1-6-8(2)7-9(11)10(3,4)5/h2,6-7H2,1,3-5H3. The minimum atomic E-state index is -0.210. The van der Waals surface area contributed by atoms with Crippen LogP contribution in [0.3, 0.4) is 0 Å². The maximum atomic E-state index is 11.4. The van der Waals surface area contributed by atoms with Crippen LogP contribution in [0.2, 0.25) is 0 Å². The Hall–Kier alpha value is -0.590. The van der Waals surface area contributed by atoms with E-state index in [9.17, 15) is 4.79 Å². The van der Waals surface area contributed by atoms with Crippen molar-refractivity contribution in [2.24, 2.45) is 5.41 Å². The molecule has 0 unspecified atom stereocenters. The first-order valence-electron chi connectivity index (χ1n) is 4.08. The van der Waals surface area contributed by atoms with Gasteiger partial charge in [0.2, 0.25) is 0 Å². The summed E-state index contributed by atoms with van der Waals surface area (Å²) in [4.78, 5) is 11.4. The van der Waals surface area contributed by atoms with Gasteiger partial charge in [-0.05, 0) is 6.42 Å². The first-order chi connectivity index (χ1) is 4.88. The molecule has 0 fully saturated rings. The van der Waals surface area contributed by atoms with E-state index in [4.69, 9.17) is 0 Å². The van der Waals surface area contributed by atoms with Gasteiger partial charge >= 0.3 is 0 Å². The molecule has 0 aromatic heterocycles. The van der Waals surface area contributed by atoms with Crippen molar-refractivity contribution in [1.29, 1.82) is 0 Å². The van der Waals surface area contributed by atoms with Gasteiger partial charge in [0.05, 0.1) is 0 Å². The average Bonchev–Trinajstić information content (AvgIpc) is 1.85. The summed E-state index contributed by atoms with van der Waals surface area (Å²) < 4.78 is 0. The second-order valence-corrected chi connectivity index (χ2v) is 3.95. The van der Waals surface area contributed by atoms with E-state index in [1.54, 1.807) is 0 Å². The third-order valence-electron chi connectivity index (χ3n) is 1.75. The summed E-state index contributed by atoms with van der Waals surface area (Å²) in [6.45, 7) is 11.7. The molecule has 0 aromatic carbocycles. The second kappa shape index (κ2) is 3.70. The Kier molecular flexibility index (Phi) is 3.50. The molecule has 0 radical (unpaired) electrons. The summed E-state index contributed by atoms with van der Waals surface area (Å²) >= 11 is 0. The van der Waals surface area contributed by atoms with Crippen LogP contribution in [-0.2, 0) is 4.79 Å². The van der Waals surface area contributed by atoms with Crippen molar-refractivity contribution >= 4 is 5.78 Å². The molecule has 1 heteroatoms. The molecule has 0 aliphatic carbocycles. The highest BCUT2D eigenvalue weighted by Gasteiger charge is 2.20. The summed E-state index contributed by atoms with van der Waals surface area (Å²) in [5.41, 5.74) is 0.822. The van der Waals surface area contributed by atoms with Crippen molar-refractivity contribution in [2.45, 2.75) is 40.5 Å². The van der Waals surface area contributed by atoms with E-state index >= 15 is 0 Å². The van der Waals surface area contributed by atoms with E-state index in [1.165, 1.54) is 0 Å². The quantitative estimate of drug-likeness (QED) is 0.571. The Labute approximate surface area is 69.5 Å². The largest absolute Gasteiger partial charge is 0.299 e. The van der Waals surface area contributed by atoms with Crippen molar-refractivity contribution in [3.8, 4) is 0 Å². The number of carbonyl (C=O) groups is 1. The van der Waals surface area contributed by atoms with E-state index in [0.717, 1.165) is 12.0 Å². The predicted molar refractivity (Wildman–Crippen MR) is 48.5 cm³/mol. The molecule has 0 rings (SSSR count). The molecular formula is C10H18O. The van der Waals surface area contributed by atoms with Crippen molar-refractivity contribution in [3.63, 3.8) is 0 Å². The van der Waals surface area contributed by atoms with Crippen LogP contribution in [0.1, 0.15) is 40.5 Å². The maximum absolute atomic E-state index is 11.4. The van der Waals surface area contributed by atoms with E-state index < -0.39 is 0 Å². The molecule has 1 nitrogen and oxygen atoms in total. The molecule has 0 aliphatic heterocycles. The lowest BCUT2D eigenvalue weighted by Crippen LogP contribution is -2.20. The summed E-state index contributed by atoms with van der Waals surface area (Å²) in [5, 5.41) is 0. The number of hydrogen-bond donors (Lipinski definition) is 0. The summed E-state index contributed by atoms with van der Waals surface area (Å²) in [7, 11) is 0. The van der Waals surface area contributed by atoms with E-state index in [0.29, 0.717) is 6.42 Å².